The average Bonchev–Trinajstić information content (AvgIpc) is 3.65. The number of thiazole rings is 1. The number of hydrogen-bond acceptors (Lipinski definition) is 10. The van der Waals surface area contributed by atoms with E-state index in [1.165, 1.54) is 18.4 Å². The van der Waals surface area contributed by atoms with E-state index in [9.17, 15) is 9.59 Å². The lowest BCUT2D eigenvalue weighted by Crippen LogP contribution is -2.51. The Morgan fingerprint density at radius 2 is 2.14 bits per heavy atom. The summed E-state index contributed by atoms with van der Waals surface area (Å²) in [5, 5.41) is 6.35. The molecule has 3 aliphatic rings. The first-order valence-corrected chi connectivity index (χ1v) is 12.6. The lowest BCUT2D eigenvalue weighted by Gasteiger charge is -2.43. The fourth-order valence-electron chi connectivity index (χ4n) is 4.83. The van der Waals surface area contributed by atoms with E-state index in [0.29, 0.717) is 55.3 Å². The molecule has 2 aromatic heterocycles. The van der Waals surface area contributed by atoms with Crippen molar-refractivity contribution in [3.05, 3.63) is 46.6 Å². The van der Waals surface area contributed by atoms with Gasteiger partial charge in [0.1, 0.15) is 0 Å². The van der Waals surface area contributed by atoms with Gasteiger partial charge in [-0.1, -0.05) is 23.5 Å². The van der Waals surface area contributed by atoms with Crippen LogP contribution in [0.5, 0.6) is 0 Å². The molecule has 11 nitrogen and oxygen atoms in total. The van der Waals surface area contributed by atoms with Gasteiger partial charge in [-0.3, -0.25) is 5.32 Å². The molecule has 2 amide bonds. The number of methoxy groups -OCH3 is 1. The summed E-state index contributed by atoms with van der Waals surface area (Å²) in [6, 6.07) is 7.16. The van der Waals surface area contributed by atoms with Crippen LogP contribution >= 0.6 is 11.3 Å². The molecule has 5 heterocycles. The third-order valence-electron chi connectivity index (χ3n) is 6.54. The van der Waals surface area contributed by atoms with Crippen molar-refractivity contribution >= 4 is 34.5 Å². The second-order valence-corrected chi connectivity index (χ2v) is 9.92. The number of fused-ring (bicyclic) bond motifs is 4. The molecule has 2 bridgehead atoms. The molecule has 2 fully saturated rings. The van der Waals surface area contributed by atoms with E-state index >= 15 is 0 Å². The fourth-order valence-corrected chi connectivity index (χ4v) is 5.90. The van der Waals surface area contributed by atoms with Crippen molar-refractivity contribution in [1.29, 1.82) is 0 Å². The molecule has 0 radical (unpaired) electrons. The molecule has 0 spiro atoms. The minimum atomic E-state index is -0.410. The summed E-state index contributed by atoms with van der Waals surface area (Å²) in [7, 11) is 1.35. The smallest absolute Gasteiger partial charge is 0.337 e. The largest absolute Gasteiger partial charge is 0.465 e. The Labute approximate surface area is 210 Å². The van der Waals surface area contributed by atoms with Gasteiger partial charge in [-0.05, 0) is 18.6 Å². The Balaban J connectivity index is 1.22. The molecular formula is C24H25N5O6S. The molecule has 188 valence electrons. The molecular weight excluding hydrogens is 486 g/mol. The van der Waals surface area contributed by atoms with E-state index in [2.05, 4.69) is 20.5 Å². The SMILES string of the molecule is COC(=O)c1cccc(-c2cnc(N3[C@@H]4COC[C@H]3c3sc(NC(=O)N[C@@H]5CCOC5)nc3C4)o2)c1. The second kappa shape index (κ2) is 9.52. The zero-order chi connectivity index (χ0) is 24.6. The summed E-state index contributed by atoms with van der Waals surface area (Å²) in [5.41, 5.74) is 2.14. The van der Waals surface area contributed by atoms with Crippen LogP contribution in [-0.2, 0) is 20.6 Å². The highest BCUT2D eigenvalue weighted by Gasteiger charge is 2.42. The van der Waals surface area contributed by atoms with Crippen molar-refractivity contribution < 1.29 is 28.2 Å². The quantitative estimate of drug-likeness (QED) is 0.497. The number of benzene rings is 1. The molecule has 0 unspecified atom stereocenters. The number of morpholine rings is 1. The molecule has 3 atom stereocenters. The Kier molecular flexibility index (Phi) is 6.07. The number of rotatable bonds is 5. The maximum Gasteiger partial charge on any atom is 0.337 e. The van der Waals surface area contributed by atoms with Crippen molar-refractivity contribution in [2.75, 3.05) is 43.8 Å². The van der Waals surface area contributed by atoms with E-state index in [0.717, 1.165) is 22.6 Å². The van der Waals surface area contributed by atoms with Gasteiger partial charge < -0.3 is 28.8 Å². The maximum absolute atomic E-state index is 12.4. The van der Waals surface area contributed by atoms with Crippen molar-refractivity contribution in [2.24, 2.45) is 0 Å². The van der Waals surface area contributed by atoms with Gasteiger partial charge in [-0.25, -0.2) is 19.6 Å². The van der Waals surface area contributed by atoms with Crippen LogP contribution in [-0.4, -0.2) is 67.6 Å². The number of nitrogens with zero attached hydrogens (tertiary/aromatic N) is 3. The molecule has 0 saturated carbocycles. The molecule has 0 aliphatic carbocycles. The topological polar surface area (TPSA) is 128 Å². The van der Waals surface area contributed by atoms with Crippen LogP contribution in [0.4, 0.5) is 15.9 Å². The number of nitrogens with one attached hydrogen (secondary N) is 2. The van der Waals surface area contributed by atoms with Gasteiger partial charge in [0.15, 0.2) is 10.9 Å². The molecule has 3 aliphatic heterocycles. The van der Waals surface area contributed by atoms with Gasteiger partial charge in [0, 0.05) is 18.6 Å². The average molecular weight is 512 g/mol. The number of carbonyl (C=O) groups is 2. The van der Waals surface area contributed by atoms with E-state index in [1.807, 2.05) is 6.07 Å². The molecule has 12 heteroatoms. The van der Waals surface area contributed by atoms with Crippen LogP contribution in [0.15, 0.2) is 34.9 Å². The number of carbonyl (C=O) groups excluding carboxylic acids is 2. The summed E-state index contributed by atoms with van der Waals surface area (Å²) < 4.78 is 22.2. The lowest BCUT2D eigenvalue weighted by atomic mass is 9.97. The summed E-state index contributed by atoms with van der Waals surface area (Å²) in [4.78, 5) is 36.8. The summed E-state index contributed by atoms with van der Waals surface area (Å²) in [5.74, 6) is 0.145. The van der Waals surface area contributed by atoms with E-state index < -0.39 is 5.97 Å². The van der Waals surface area contributed by atoms with Crippen LogP contribution in [0.2, 0.25) is 0 Å². The van der Waals surface area contributed by atoms with Gasteiger partial charge in [0.05, 0.1) is 67.4 Å². The van der Waals surface area contributed by atoms with Crippen LogP contribution in [0.25, 0.3) is 11.3 Å². The number of oxazole rings is 1. The third kappa shape index (κ3) is 4.31. The normalized spacial score (nSPS) is 22.7. The van der Waals surface area contributed by atoms with Crippen molar-refractivity contribution in [2.45, 2.75) is 31.0 Å². The van der Waals surface area contributed by atoms with Crippen LogP contribution in [0, 0.1) is 0 Å². The predicted molar refractivity (Wildman–Crippen MR) is 130 cm³/mol. The summed E-state index contributed by atoms with van der Waals surface area (Å²) in [6.07, 6.45) is 3.12. The van der Waals surface area contributed by atoms with Gasteiger partial charge >= 0.3 is 12.0 Å². The highest BCUT2D eigenvalue weighted by atomic mass is 32.1. The third-order valence-corrected chi connectivity index (χ3v) is 7.66. The Hall–Kier alpha value is -3.48. The Morgan fingerprint density at radius 1 is 1.22 bits per heavy atom. The molecule has 2 saturated heterocycles. The number of hydrogen-bond donors (Lipinski definition) is 2. The number of urea groups is 1. The number of aromatic nitrogens is 2. The number of amides is 2. The second-order valence-electron chi connectivity index (χ2n) is 8.89. The van der Waals surface area contributed by atoms with Crippen molar-refractivity contribution in [1.82, 2.24) is 15.3 Å². The molecule has 36 heavy (non-hydrogen) atoms. The number of ether oxygens (including phenoxy) is 3. The van der Waals surface area contributed by atoms with Gasteiger partial charge in [-0.2, -0.15) is 0 Å². The van der Waals surface area contributed by atoms with Crippen LogP contribution in [0.1, 0.15) is 33.4 Å². The zero-order valence-corrected chi connectivity index (χ0v) is 20.4. The first-order chi connectivity index (χ1) is 17.6. The summed E-state index contributed by atoms with van der Waals surface area (Å²) >= 11 is 1.44. The van der Waals surface area contributed by atoms with E-state index in [-0.39, 0.29) is 24.2 Å². The Bertz CT molecular complexity index is 1290. The molecule has 2 N–H and O–H groups in total. The van der Waals surface area contributed by atoms with Crippen LogP contribution < -0.4 is 15.5 Å². The summed E-state index contributed by atoms with van der Waals surface area (Å²) in [6.45, 7) is 2.18. The van der Waals surface area contributed by atoms with Gasteiger partial charge in [-0.15, -0.1) is 0 Å². The highest BCUT2D eigenvalue weighted by Crippen LogP contribution is 2.43. The first kappa shape index (κ1) is 23.0. The lowest BCUT2D eigenvalue weighted by molar-refractivity contribution is 0.0578. The molecule has 3 aromatic rings. The van der Waals surface area contributed by atoms with Gasteiger partial charge in [0.25, 0.3) is 6.01 Å². The van der Waals surface area contributed by atoms with Crippen molar-refractivity contribution in [3.63, 3.8) is 0 Å². The maximum atomic E-state index is 12.4. The standard InChI is InChI=1S/C24H25N5O6S/c1-32-21(30)14-4-2-3-13(7-14)19-9-25-24(35-19)29-16-8-17-20(18(29)12-34-11-16)36-23(27-17)28-22(31)26-15-5-6-33-10-15/h2-4,7,9,15-16,18H,5-6,8,10-12H2,1H3,(H2,26,27,28,31)/t15-,16+,18+/m1/s1. The minimum Gasteiger partial charge on any atom is -0.465 e. The van der Waals surface area contributed by atoms with E-state index in [4.69, 9.17) is 23.6 Å². The van der Waals surface area contributed by atoms with Crippen molar-refractivity contribution in [3.8, 4) is 11.3 Å². The monoisotopic (exact) mass is 511 g/mol. The Morgan fingerprint density at radius 3 is 2.97 bits per heavy atom. The van der Waals surface area contributed by atoms with Crippen LogP contribution in [0.3, 0.4) is 0 Å². The number of esters is 1. The zero-order valence-electron chi connectivity index (χ0n) is 19.6. The molecule has 6 rings (SSSR count). The van der Waals surface area contributed by atoms with Gasteiger partial charge in [0.2, 0.25) is 0 Å². The van der Waals surface area contributed by atoms with E-state index in [1.54, 1.807) is 24.4 Å². The minimum absolute atomic E-state index is 0.00330. The highest BCUT2D eigenvalue weighted by molar-refractivity contribution is 7.16. The predicted octanol–water partition coefficient (Wildman–Crippen LogP) is 3.00. The number of anilines is 2. The molecule has 1 aromatic carbocycles. The fraction of sp³-hybridized carbons (Fsp3) is 0.417. The first-order valence-electron chi connectivity index (χ1n) is 11.7.